The summed E-state index contributed by atoms with van der Waals surface area (Å²) in [6, 6.07) is 0. The first-order valence-electron chi connectivity index (χ1n) is 10.3. The van der Waals surface area contributed by atoms with E-state index in [0.29, 0.717) is 24.5 Å². The molecule has 5 nitrogen and oxygen atoms in total. The molecule has 0 unspecified atom stereocenters. The first-order chi connectivity index (χ1) is 13.0. The molecule has 152 valence electrons. The third-order valence-corrected chi connectivity index (χ3v) is 4.82. The Kier molecular flexibility index (Phi) is 12.2. The Morgan fingerprint density at radius 1 is 1.04 bits per heavy atom. The molecule has 0 heterocycles. The van der Waals surface area contributed by atoms with Crippen molar-refractivity contribution in [3.8, 4) is 0 Å². The molecule has 1 fully saturated rings. The van der Waals surface area contributed by atoms with Crippen molar-refractivity contribution in [2.24, 2.45) is 11.8 Å². The molecule has 0 aliphatic heterocycles. The maximum Gasteiger partial charge on any atom is 0.355 e. The van der Waals surface area contributed by atoms with Crippen molar-refractivity contribution in [2.75, 3.05) is 0 Å². The van der Waals surface area contributed by atoms with Gasteiger partial charge in [0.05, 0.1) is 6.42 Å². The average molecular weight is 379 g/mol. The molecular weight excluding hydrogens is 344 g/mol. The number of hydrogen-bond acceptors (Lipinski definition) is 5. The number of carbonyl (C=O) groups is 3. The zero-order valence-electron chi connectivity index (χ0n) is 16.8. The molecule has 1 saturated carbocycles. The maximum absolute atomic E-state index is 12.1. The minimum atomic E-state index is -0.644. The van der Waals surface area contributed by atoms with Crippen LogP contribution in [0.1, 0.15) is 84.5 Å². The SMILES string of the molecule is CCCCCC/C=C/[C@H]1CCC(=O)[C@@H]1C/C=C\CCCC(=O)OOC(C)=O. The van der Waals surface area contributed by atoms with Crippen LogP contribution in [0.2, 0.25) is 0 Å². The highest BCUT2D eigenvalue weighted by Crippen LogP contribution is 2.33. The Bertz CT molecular complexity index is 521. The smallest absolute Gasteiger partial charge is 0.299 e. The van der Waals surface area contributed by atoms with Gasteiger partial charge in [0, 0.05) is 19.3 Å². The second-order valence-corrected chi connectivity index (χ2v) is 7.18. The molecule has 27 heavy (non-hydrogen) atoms. The number of hydrogen-bond donors (Lipinski definition) is 0. The predicted octanol–water partition coefficient (Wildman–Crippen LogP) is 5.25. The van der Waals surface area contributed by atoms with Gasteiger partial charge in [-0.2, -0.15) is 0 Å². The highest BCUT2D eigenvalue weighted by Gasteiger charge is 2.31. The van der Waals surface area contributed by atoms with E-state index < -0.39 is 11.9 Å². The fraction of sp³-hybridized carbons (Fsp3) is 0.682. The number of ketones is 1. The molecular formula is C22H34O5. The van der Waals surface area contributed by atoms with Crippen molar-refractivity contribution >= 4 is 17.7 Å². The highest BCUT2D eigenvalue weighted by molar-refractivity contribution is 5.83. The van der Waals surface area contributed by atoms with E-state index in [-0.39, 0.29) is 12.3 Å². The zero-order chi connectivity index (χ0) is 19.9. The minimum absolute atomic E-state index is 0.0991. The van der Waals surface area contributed by atoms with Gasteiger partial charge in [-0.25, -0.2) is 19.4 Å². The van der Waals surface area contributed by atoms with Gasteiger partial charge in [0.2, 0.25) is 0 Å². The summed E-state index contributed by atoms with van der Waals surface area (Å²) < 4.78 is 0. The number of carbonyl (C=O) groups excluding carboxylic acids is 3. The normalized spacial score (nSPS) is 19.9. The molecule has 0 aromatic heterocycles. The molecule has 2 atom stereocenters. The fourth-order valence-electron chi connectivity index (χ4n) is 3.30. The van der Waals surface area contributed by atoms with E-state index in [9.17, 15) is 14.4 Å². The van der Waals surface area contributed by atoms with Crippen LogP contribution in [-0.4, -0.2) is 17.7 Å². The third-order valence-electron chi connectivity index (χ3n) is 4.82. The average Bonchev–Trinajstić information content (AvgIpc) is 2.99. The van der Waals surface area contributed by atoms with Crippen molar-refractivity contribution in [3.63, 3.8) is 0 Å². The van der Waals surface area contributed by atoms with E-state index in [4.69, 9.17) is 0 Å². The van der Waals surface area contributed by atoms with Gasteiger partial charge in [0.15, 0.2) is 0 Å². The summed E-state index contributed by atoms with van der Waals surface area (Å²) in [5, 5.41) is 0. The quantitative estimate of drug-likeness (QED) is 0.201. The van der Waals surface area contributed by atoms with Crippen molar-refractivity contribution in [1.29, 1.82) is 0 Å². The van der Waals surface area contributed by atoms with Crippen molar-refractivity contribution < 1.29 is 24.2 Å². The molecule has 0 saturated heterocycles. The van der Waals surface area contributed by atoms with Crippen LogP contribution in [0, 0.1) is 11.8 Å². The number of rotatable bonds is 12. The molecule has 0 radical (unpaired) electrons. The Balaban J connectivity index is 2.23. The first kappa shape index (κ1) is 23.1. The summed E-state index contributed by atoms with van der Waals surface area (Å²) in [6.07, 6.45) is 18.7. The highest BCUT2D eigenvalue weighted by atomic mass is 17.2. The van der Waals surface area contributed by atoms with Gasteiger partial charge >= 0.3 is 11.9 Å². The Labute approximate surface area is 163 Å². The predicted molar refractivity (Wildman–Crippen MR) is 105 cm³/mol. The molecule has 1 aliphatic carbocycles. The Hall–Kier alpha value is -1.91. The molecule has 0 N–H and O–H groups in total. The maximum atomic E-state index is 12.1. The zero-order valence-corrected chi connectivity index (χ0v) is 16.8. The van der Waals surface area contributed by atoms with Crippen molar-refractivity contribution in [3.05, 3.63) is 24.3 Å². The Morgan fingerprint density at radius 3 is 2.56 bits per heavy atom. The molecule has 0 aromatic carbocycles. The van der Waals surface area contributed by atoms with Crippen LogP contribution in [-0.2, 0) is 24.2 Å². The van der Waals surface area contributed by atoms with E-state index in [1.54, 1.807) is 0 Å². The molecule has 1 aliphatic rings. The molecule has 1 rings (SSSR count). The van der Waals surface area contributed by atoms with Gasteiger partial charge < -0.3 is 0 Å². The second kappa shape index (κ2) is 14.2. The van der Waals surface area contributed by atoms with Gasteiger partial charge in [0.25, 0.3) is 0 Å². The number of Topliss-reactive ketones (excluding diaryl/α,β-unsaturated/α-hetero) is 1. The lowest BCUT2D eigenvalue weighted by molar-refractivity contribution is -0.257. The van der Waals surface area contributed by atoms with Crippen LogP contribution in [0.4, 0.5) is 0 Å². The van der Waals surface area contributed by atoms with Crippen LogP contribution in [0.5, 0.6) is 0 Å². The monoisotopic (exact) mass is 378 g/mol. The van der Waals surface area contributed by atoms with Crippen LogP contribution in [0.3, 0.4) is 0 Å². The largest absolute Gasteiger partial charge is 0.355 e. The van der Waals surface area contributed by atoms with Crippen molar-refractivity contribution in [1.82, 2.24) is 0 Å². The summed E-state index contributed by atoms with van der Waals surface area (Å²) in [5.74, 6) is -0.359. The molecule has 0 spiro atoms. The van der Waals surface area contributed by atoms with Crippen molar-refractivity contribution in [2.45, 2.75) is 84.5 Å². The standard InChI is InChI=1S/C22H34O5/c1-3-4-5-6-7-10-13-19-16-17-21(24)20(19)14-11-8-9-12-15-22(25)27-26-18(2)23/h8,10-11,13,19-20H,3-7,9,12,14-17H2,1-2H3/b11-8-,13-10+/t19-,20+/m0/s1. The third kappa shape index (κ3) is 10.7. The minimum Gasteiger partial charge on any atom is -0.299 e. The molecule has 0 amide bonds. The second-order valence-electron chi connectivity index (χ2n) is 7.18. The lowest BCUT2D eigenvalue weighted by atomic mass is 9.91. The molecule has 5 heteroatoms. The van der Waals surface area contributed by atoms with Crippen LogP contribution in [0.15, 0.2) is 24.3 Å². The van der Waals surface area contributed by atoms with Crippen LogP contribution in [0.25, 0.3) is 0 Å². The Morgan fingerprint density at radius 2 is 1.81 bits per heavy atom. The van der Waals surface area contributed by atoms with E-state index in [1.165, 1.54) is 32.6 Å². The molecule has 0 bridgehead atoms. The van der Waals surface area contributed by atoms with E-state index in [1.807, 2.05) is 12.2 Å². The topological polar surface area (TPSA) is 69.7 Å². The van der Waals surface area contributed by atoms with E-state index in [0.717, 1.165) is 25.7 Å². The summed E-state index contributed by atoms with van der Waals surface area (Å²) in [5.41, 5.74) is 0. The summed E-state index contributed by atoms with van der Waals surface area (Å²) >= 11 is 0. The van der Waals surface area contributed by atoms with Gasteiger partial charge in [-0.15, -0.1) is 0 Å². The van der Waals surface area contributed by atoms with Crippen LogP contribution < -0.4 is 0 Å². The van der Waals surface area contributed by atoms with Gasteiger partial charge in [-0.05, 0) is 44.4 Å². The van der Waals surface area contributed by atoms with Crippen LogP contribution >= 0.6 is 0 Å². The number of unbranched alkanes of at least 4 members (excludes halogenated alkanes) is 5. The summed E-state index contributed by atoms with van der Waals surface area (Å²) in [6.45, 7) is 3.39. The van der Waals surface area contributed by atoms with E-state index in [2.05, 4.69) is 28.9 Å². The van der Waals surface area contributed by atoms with Gasteiger partial charge in [-0.3, -0.25) is 4.79 Å². The van der Waals surface area contributed by atoms with Gasteiger partial charge in [0.1, 0.15) is 5.78 Å². The summed E-state index contributed by atoms with van der Waals surface area (Å²) in [7, 11) is 0. The van der Waals surface area contributed by atoms with Gasteiger partial charge in [-0.1, -0.05) is 50.5 Å². The molecule has 0 aromatic rings. The number of allylic oxidation sites excluding steroid dienone is 4. The first-order valence-corrected chi connectivity index (χ1v) is 10.3. The lowest BCUT2D eigenvalue weighted by Crippen LogP contribution is -2.12. The summed E-state index contributed by atoms with van der Waals surface area (Å²) in [4.78, 5) is 42.4. The lowest BCUT2D eigenvalue weighted by Gasteiger charge is -2.12. The fourth-order valence-corrected chi connectivity index (χ4v) is 3.30. The van der Waals surface area contributed by atoms with E-state index >= 15 is 0 Å².